The second-order valence-electron chi connectivity index (χ2n) is 3.90. The minimum absolute atomic E-state index is 0.982. The molecule has 14 heavy (non-hydrogen) atoms. The number of benzene rings is 2. The lowest BCUT2D eigenvalue weighted by Crippen LogP contribution is -1.85. The fourth-order valence-corrected chi connectivity index (χ4v) is 2.74. The minimum Gasteiger partial charge on any atom is -0.0834 e. The average molecular weight is 203 g/mol. The maximum Gasteiger partial charge on any atom is 0.0519 e. The van der Waals surface area contributed by atoms with Crippen LogP contribution >= 0.6 is 11.6 Å². The van der Waals surface area contributed by atoms with Gasteiger partial charge in [-0.15, -0.1) is 0 Å². The summed E-state index contributed by atoms with van der Waals surface area (Å²) in [7, 11) is 0. The Balaban J connectivity index is 2.44. The van der Waals surface area contributed by atoms with Gasteiger partial charge in [0.1, 0.15) is 0 Å². The molecule has 0 radical (unpaired) electrons. The molecule has 0 fully saturated rings. The molecule has 0 nitrogen and oxygen atoms in total. The van der Waals surface area contributed by atoms with Crippen molar-refractivity contribution in [2.24, 2.45) is 0 Å². The van der Waals surface area contributed by atoms with Gasteiger partial charge in [-0.25, -0.2) is 0 Å². The summed E-state index contributed by atoms with van der Waals surface area (Å²) < 4.78 is 0. The van der Waals surface area contributed by atoms with E-state index >= 15 is 0 Å². The average Bonchev–Trinajstić information content (AvgIpc) is 2.66. The van der Waals surface area contributed by atoms with Crippen molar-refractivity contribution in [1.82, 2.24) is 0 Å². The zero-order chi connectivity index (χ0) is 9.54. The Morgan fingerprint density at radius 2 is 1.93 bits per heavy atom. The summed E-state index contributed by atoms with van der Waals surface area (Å²) in [6.45, 7) is 0. The largest absolute Gasteiger partial charge is 0.0834 e. The SMILES string of the molecule is Clc1c2c(cc3ccccc13)CCC2. The van der Waals surface area contributed by atoms with Gasteiger partial charge in [-0.1, -0.05) is 41.9 Å². The third-order valence-corrected chi connectivity index (χ3v) is 3.48. The van der Waals surface area contributed by atoms with Crippen molar-refractivity contribution in [2.45, 2.75) is 19.3 Å². The quantitative estimate of drug-likeness (QED) is 0.606. The van der Waals surface area contributed by atoms with Crippen LogP contribution in [0.5, 0.6) is 0 Å². The third kappa shape index (κ3) is 1.07. The van der Waals surface area contributed by atoms with Crippen LogP contribution in [-0.4, -0.2) is 0 Å². The van der Waals surface area contributed by atoms with E-state index in [2.05, 4.69) is 30.3 Å². The van der Waals surface area contributed by atoms with E-state index in [-0.39, 0.29) is 0 Å². The van der Waals surface area contributed by atoms with Crippen molar-refractivity contribution < 1.29 is 0 Å². The molecule has 3 rings (SSSR count). The number of aryl methyl sites for hydroxylation is 1. The predicted octanol–water partition coefficient (Wildman–Crippen LogP) is 3.98. The van der Waals surface area contributed by atoms with Gasteiger partial charge in [-0.3, -0.25) is 0 Å². The Morgan fingerprint density at radius 1 is 1.07 bits per heavy atom. The molecule has 0 spiro atoms. The maximum absolute atomic E-state index is 6.39. The van der Waals surface area contributed by atoms with Crippen LogP contribution in [0.1, 0.15) is 17.5 Å². The summed E-state index contributed by atoms with van der Waals surface area (Å²) in [5.74, 6) is 0. The van der Waals surface area contributed by atoms with Crippen LogP contribution in [0, 0.1) is 0 Å². The molecule has 0 bridgehead atoms. The molecule has 0 aliphatic heterocycles. The molecule has 0 heterocycles. The van der Waals surface area contributed by atoms with E-state index in [4.69, 9.17) is 11.6 Å². The first kappa shape index (κ1) is 8.31. The molecule has 1 aliphatic carbocycles. The maximum atomic E-state index is 6.39. The molecule has 0 atom stereocenters. The summed E-state index contributed by atoms with van der Waals surface area (Å²) in [4.78, 5) is 0. The van der Waals surface area contributed by atoms with Crippen molar-refractivity contribution in [3.8, 4) is 0 Å². The van der Waals surface area contributed by atoms with Crippen molar-refractivity contribution in [1.29, 1.82) is 0 Å². The zero-order valence-electron chi connectivity index (χ0n) is 7.89. The molecule has 0 saturated heterocycles. The molecule has 0 aromatic heterocycles. The summed E-state index contributed by atoms with van der Waals surface area (Å²) in [5.41, 5.74) is 2.83. The van der Waals surface area contributed by atoms with Crippen LogP contribution in [-0.2, 0) is 12.8 Å². The van der Waals surface area contributed by atoms with Gasteiger partial charge in [0.2, 0.25) is 0 Å². The molecule has 2 aromatic carbocycles. The number of fused-ring (bicyclic) bond motifs is 2. The molecule has 0 amide bonds. The Morgan fingerprint density at radius 3 is 2.86 bits per heavy atom. The van der Waals surface area contributed by atoms with Crippen LogP contribution < -0.4 is 0 Å². The molecule has 0 saturated carbocycles. The van der Waals surface area contributed by atoms with E-state index in [9.17, 15) is 0 Å². The first-order valence-electron chi connectivity index (χ1n) is 5.05. The van der Waals surface area contributed by atoms with E-state index in [1.165, 1.54) is 34.7 Å². The van der Waals surface area contributed by atoms with E-state index in [1.807, 2.05) is 0 Å². The fraction of sp³-hybridized carbons (Fsp3) is 0.231. The molecule has 2 aromatic rings. The van der Waals surface area contributed by atoms with Gasteiger partial charge < -0.3 is 0 Å². The van der Waals surface area contributed by atoms with Crippen LogP contribution in [0.15, 0.2) is 30.3 Å². The van der Waals surface area contributed by atoms with Gasteiger partial charge >= 0.3 is 0 Å². The standard InChI is InChI=1S/C13H11Cl/c14-13-11-6-2-1-4-9(11)8-10-5-3-7-12(10)13/h1-2,4,6,8H,3,5,7H2. The van der Waals surface area contributed by atoms with Crippen molar-refractivity contribution in [3.63, 3.8) is 0 Å². The first-order valence-corrected chi connectivity index (χ1v) is 5.43. The van der Waals surface area contributed by atoms with Crippen molar-refractivity contribution >= 4 is 22.4 Å². The Hall–Kier alpha value is -1.01. The topological polar surface area (TPSA) is 0 Å². The van der Waals surface area contributed by atoms with Gasteiger partial charge in [-0.05, 0) is 35.8 Å². The molecular formula is C13H11Cl. The van der Waals surface area contributed by atoms with Gasteiger partial charge in [0.15, 0.2) is 0 Å². The molecule has 0 unspecified atom stereocenters. The highest BCUT2D eigenvalue weighted by atomic mass is 35.5. The molecule has 1 heteroatoms. The summed E-state index contributed by atoms with van der Waals surface area (Å²) in [6, 6.07) is 10.7. The van der Waals surface area contributed by atoms with E-state index in [0.717, 1.165) is 11.4 Å². The van der Waals surface area contributed by atoms with E-state index < -0.39 is 0 Å². The van der Waals surface area contributed by atoms with Crippen molar-refractivity contribution in [2.75, 3.05) is 0 Å². The highest BCUT2D eigenvalue weighted by molar-refractivity contribution is 6.36. The number of halogens is 1. The van der Waals surface area contributed by atoms with Crippen LogP contribution in [0.25, 0.3) is 10.8 Å². The highest BCUT2D eigenvalue weighted by Gasteiger charge is 2.16. The first-order chi connectivity index (χ1) is 6.86. The van der Waals surface area contributed by atoms with Crippen molar-refractivity contribution in [3.05, 3.63) is 46.5 Å². The minimum atomic E-state index is 0.982. The molecule has 1 aliphatic rings. The van der Waals surface area contributed by atoms with Gasteiger partial charge in [0, 0.05) is 5.39 Å². The second kappa shape index (κ2) is 2.99. The molecule has 70 valence electrons. The Kier molecular flexibility index (Phi) is 1.78. The molecular weight excluding hydrogens is 192 g/mol. The number of rotatable bonds is 0. The lowest BCUT2D eigenvalue weighted by atomic mass is 10.0. The number of hydrogen-bond donors (Lipinski definition) is 0. The second-order valence-corrected chi connectivity index (χ2v) is 4.28. The normalized spacial score (nSPS) is 14.6. The fourth-order valence-electron chi connectivity index (χ4n) is 2.35. The van der Waals surface area contributed by atoms with Crippen LogP contribution in [0.2, 0.25) is 5.02 Å². The summed E-state index contributed by atoms with van der Waals surface area (Å²) in [6.07, 6.45) is 3.60. The predicted molar refractivity (Wildman–Crippen MR) is 61.0 cm³/mol. The Bertz CT molecular complexity index is 500. The zero-order valence-corrected chi connectivity index (χ0v) is 8.64. The summed E-state index contributed by atoms with van der Waals surface area (Å²) in [5, 5.41) is 3.46. The van der Waals surface area contributed by atoms with Gasteiger partial charge in [0.25, 0.3) is 0 Å². The lowest BCUT2D eigenvalue weighted by Gasteiger charge is -2.06. The third-order valence-electron chi connectivity index (χ3n) is 3.05. The van der Waals surface area contributed by atoms with Gasteiger partial charge in [0.05, 0.1) is 5.02 Å². The van der Waals surface area contributed by atoms with E-state index in [0.29, 0.717) is 0 Å². The number of hydrogen-bond acceptors (Lipinski definition) is 0. The van der Waals surface area contributed by atoms with Gasteiger partial charge in [-0.2, -0.15) is 0 Å². The monoisotopic (exact) mass is 202 g/mol. The van der Waals surface area contributed by atoms with Crippen LogP contribution in [0.4, 0.5) is 0 Å². The molecule has 0 N–H and O–H groups in total. The van der Waals surface area contributed by atoms with Crippen LogP contribution in [0.3, 0.4) is 0 Å². The Labute approximate surface area is 88.5 Å². The summed E-state index contributed by atoms with van der Waals surface area (Å²) >= 11 is 6.39. The van der Waals surface area contributed by atoms with E-state index in [1.54, 1.807) is 0 Å². The highest BCUT2D eigenvalue weighted by Crippen LogP contribution is 2.35. The smallest absolute Gasteiger partial charge is 0.0519 e. The lowest BCUT2D eigenvalue weighted by molar-refractivity contribution is 0.912.